The van der Waals surface area contributed by atoms with Crippen LogP contribution in [0.25, 0.3) is 0 Å². The SMILES string of the molecule is CC[C@H](c1cc(O)cc(Cl)c1)[C@@H](CC)c1cc(O)cc(Cl)c1. The predicted octanol–water partition coefficient (Wildman–Crippen LogP) is 6.09. The normalized spacial score (nSPS) is 13.8. The van der Waals surface area contributed by atoms with E-state index in [0.29, 0.717) is 10.0 Å². The van der Waals surface area contributed by atoms with E-state index in [9.17, 15) is 10.2 Å². The first-order valence-electron chi connectivity index (χ1n) is 7.43. The molecule has 2 N–H and O–H groups in total. The summed E-state index contributed by atoms with van der Waals surface area (Å²) in [6, 6.07) is 10.4. The van der Waals surface area contributed by atoms with Gasteiger partial charge in [-0.1, -0.05) is 37.0 Å². The molecule has 0 saturated carbocycles. The zero-order chi connectivity index (χ0) is 16.3. The quantitative estimate of drug-likeness (QED) is 0.692. The van der Waals surface area contributed by atoms with E-state index in [1.807, 2.05) is 12.1 Å². The lowest BCUT2D eigenvalue weighted by atomic mass is 9.78. The Bertz CT molecular complexity index is 558. The first-order chi connectivity index (χ1) is 10.4. The maximum Gasteiger partial charge on any atom is 0.117 e. The lowest BCUT2D eigenvalue weighted by Gasteiger charge is -2.27. The van der Waals surface area contributed by atoms with Crippen LogP contribution in [0.15, 0.2) is 36.4 Å². The second-order valence-corrected chi connectivity index (χ2v) is 6.39. The van der Waals surface area contributed by atoms with E-state index >= 15 is 0 Å². The summed E-state index contributed by atoms with van der Waals surface area (Å²) < 4.78 is 0. The van der Waals surface area contributed by atoms with Gasteiger partial charge in [0.2, 0.25) is 0 Å². The number of rotatable bonds is 5. The van der Waals surface area contributed by atoms with Crippen molar-refractivity contribution in [2.45, 2.75) is 38.5 Å². The molecule has 0 aliphatic rings. The third-order valence-corrected chi connectivity index (χ3v) is 4.47. The molecule has 0 aliphatic heterocycles. The molecule has 0 saturated heterocycles. The summed E-state index contributed by atoms with van der Waals surface area (Å²) in [5.74, 6) is 0.717. The molecule has 118 valence electrons. The van der Waals surface area contributed by atoms with Crippen LogP contribution in [0.2, 0.25) is 10.0 Å². The molecule has 2 aromatic carbocycles. The number of benzene rings is 2. The van der Waals surface area contributed by atoms with E-state index in [1.54, 1.807) is 12.1 Å². The van der Waals surface area contributed by atoms with Gasteiger partial charge in [0.25, 0.3) is 0 Å². The summed E-state index contributed by atoms with van der Waals surface area (Å²) in [5.41, 5.74) is 2.00. The van der Waals surface area contributed by atoms with Crippen molar-refractivity contribution in [3.05, 3.63) is 57.6 Å². The lowest BCUT2D eigenvalue weighted by Crippen LogP contribution is -2.10. The van der Waals surface area contributed by atoms with Crippen LogP contribution in [0.1, 0.15) is 49.7 Å². The van der Waals surface area contributed by atoms with Gasteiger partial charge in [0.15, 0.2) is 0 Å². The van der Waals surface area contributed by atoms with Crippen molar-refractivity contribution < 1.29 is 10.2 Å². The minimum absolute atomic E-state index is 0.171. The Kier molecular flexibility index (Phi) is 5.60. The molecule has 0 unspecified atom stereocenters. The van der Waals surface area contributed by atoms with Crippen molar-refractivity contribution in [2.75, 3.05) is 0 Å². The van der Waals surface area contributed by atoms with E-state index in [1.165, 1.54) is 12.1 Å². The second-order valence-electron chi connectivity index (χ2n) is 5.52. The van der Waals surface area contributed by atoms with Crippen molar-refractivity contribution in [1.82, 2.24) is 0 Å². The molecule has 0 fully saturated rings. The van der Waals surface area contributed by atoms with Crippen LogP contribution >= 0.6 is 23.2 Å². The first kappa shape index (κ1) is 17.0. The maximum atomic E-state index is 9.81. The molecule has 0 radical (unpaired) electrons. The van der Waals surface area contributed by atoms with Crippen molar-refractivity contribution in [2.24, 2.45) is 0 Å². The maximum absolute atomic E-state index is 9.81. The molecule has 0 heterocycles. The van der Waals surface area contributed by atoms with Gasteiger partial charge in [-0.05, 0) is 72.2 Å². The van der Waals surface area contributed by atoms with E-state index in [4.69, 9.17) is 23.2 Å². The highest BCUT2D eigenvalue weighted by molar-refractivity contribution is 6.31. The Labute approximate surface area is 141 Å². The molecule has 0 aliphatic carbocycles. The third kappa shape index (κ3) is 3.88. The zero-order valence-electron chi connectivity index (χ0n) is 12.7. The van der Waals surface area contributed by atoms with Crippen LogP contribution in [0.5, 0.6) is 11.5 Å². The van der Waals surface area contributed by atoms with Crippen LogP contribution in [0.3, 0.4) is 0 Å². The number of hydrogen-bond donors (Lipinski definition) is 2. The fourth-order valence-corrected chi connectivity index (χ4v) is 3.60. The Balaban J connectivity index is 2.46. The van der Waals surface area contributed by atoms with Crippen LogP contribution in [0.4, 0.5) is 0 Å². The molecule has 2 aromatic rings. The minimum atomic E-state index is 0.171. The Morgan fingerprint density at radius 1 is 0.727 bits per heavy atom. The first-order valence-corrected chi connectivity index (χ1v) is 8.19. The summed E-state index contributed by atoms with van der Waals surface area (Å²) in [7, 11) is 0. The monoisotopic (exact) mass is 338 g/mol. The molecule has 2 atom stereocenters. The summed E-state index contributed by atoms with van der Waals surface area (Å²) >= 11 is 12.1. The predicted molar refractivity (Wildman–Crippen MR) is 92.3 cm³/mol. The van der Waals surface area contributed by atoms with Gasteiger partial charge in [0, 0.05) is 10.0 Å². The molecule has 2 rings (SSSR count). The van der Waals surface area contributed by atoms with E-state index in [2.05, 4.69) is 13.8 Å². The molecule has 0 amide bonds. The topological polar surface area (TPSA) is 40.5 Å². The van der Waals surface area contributed by atoms with Crippen LogP contribution in [-0.4, -0.2) is 10.2 Å². The average Bonchev–Trinajstić information content (AvgIpc) is 2.42. The molecule has 0 aromatic heterocycles. The molecule has 0 spiro atoms. The number of phenols is 2. The van der Waals surface area contributed by atoms with Crippen LogP contribution in [0, 0.1) is 0 Å². The van der Waals surface area contributed by atoms with Crippen molar-refractivity contribution in [1.29, 1.82) is 0 Å². The van der Waals surface area contributed by atoms with Gasteiger partial charge in [-0.2, -0.15) is 0 Å². The van der Waals surface area contributed by atoms with Crippen LogP contribution in [-0.2, 0) is 0 Å². The van der Waals surface area contributed by atoms with E-state index in [-0.39, 0.29) is 23.3 Å². The Morgan fingerprint density at radius 3 is 1.36 bits per heavy atom. The van der Waals surface area contributed by atoms with Gasteiger partial charge >= 0.3 is 0 Å². The summed E-state index contributed by atoms with van der Waals surface area (Å²) in [6.45, 7) is 4.21. The zero-order valence-corrected chi connectivity index (χ0v) is 14.2. The van der Waals surface area contributed by atoms with Crippen molar-refractivity contribution >= 4 is 23.2 Å². The van der Waals surface area contributed by atoms with Gasteiger partial charge < -0.3 is 10.2 Å². The standard InChI is InChI=1S/C18H20Cl2O2/c1-3-17(11-5-13(19)9-15(21)7-11)18(4-2)12-6-14(20)10-16(22)8-12/h5-10,17-18,21-22H,3-4H2,1-2H3/t17-,18+. The number of phenolic OH excluding ortho intramolecular Hbond substituents is 2. The van der Waals surface area contributed by atoms with Gasteiger partial charge in [-0.3, -0.25) is 0 Å². The minimum Gasteiger partial charge on any atom is -0.508 e. The van der Waals surface area contributed by atoms with Gasteiger partial charge in [-0.25, -0.2) is 0 Å². The highest BCUT2D eigenvalue weighted by Crippen LogP contribution is 2.41. The molecular formula is C18H20Cl2O2. The molecule has 2 nitrogen and oxygen atoms in total. The second kappa shape index (κ2) is 7.26. The average molecular weight is 339 g/mol. The fourth-order valence-electron chi connectivity index (χ4n) is 3.13. The highest BCUT2D eigenvalue weighted by atomic mass is 35.5. The van der Waals surface area contributed by atoms with Crippen LogP contribution < -0.4 is 0 Å². The summed E-state index contributed by atoms with van der Waals surface area (Å²) in [6.07, 6.45) is 1.79. The summed E-state index contributed by atoms with van der Waals surface area (Å²) in [5, 5.41) is 20.7. The lowest BCUT2D eigenvalue weighted by molar-refractivity contribution is 0.463. The van der Waals surface area contributed by atoms with Crippen molar-refractivity contribution in [3.8, 4) is 11.5 Å². The van der Waals surface area contributed by atoms with Gasteiger partial charge in [-0.15, -0.1) is 0 Å². The van der Waals surface area contributed by atoms with E-state index < -0.39 is 0 Å². The highest BCUT2D eigenvalue weighted by Gasteiger charge is 2.23. The van der Waals surface area contributed by atoms with Gasteiger partial charge in [0.1, 0.15) is 11.5 Å². The molecule has 0 bridgehead atoms. The van der Waals surface area contributed by atoms with Crippen molar-refractivity contribution in [3.63, 3.8) is 0 Å². The smallest absolute Gasteiger partial charge is 0.117 e. The fraction of sp³-hybridized carbons (Fsp3) is 0.333. The molecule has 22 heavy (non-hydrogen) atoms. The third-order valence-electron chi connectivity index (χ3n) is 4.03. The van der Waals surface area contributed by atoms with E-state index in [0.717, 1.165) is 24.0 Å². The molecule has 4 heteroatoms. The number of halogens is 2. The summed E-state index contributed by atoms with van der Waals surface area (Å²) in [4.78, 5) is 0. The number of hydrogen-bond acceptors (Lipinski definition) is 2. The largest absolute Gasteiger partial charge is 0.508 e. The van der Waals surface area contributed by atoms with Gasteiger partial charge in [0.05, 0.1) is 0 Å². The Hall–Kier alpha value is -1.38. The molecular weight excluding hydrogens is 319 g/mol. The number of aromatic hydroxyl groups is 2. The Morgan fingerprint density at radius 2 is 1.09 bits per heavy atom.